The van der Waals surface area contributed by atoms with Crippen LogP contribution >= 0.6 is 0 Å². The Bertz CT molecular complexity index is 326. The van der Waals surface area contributed by atoms with E-state index in [2.05, 4.69) is 19.2 Å². The molecule has 0 saturated heterocycles. The summed E-state index contributed by atoms with van der Waals surface area (Å²) in [5.41, 5.74) is 0. The van der Waals surface area contributed by atoms with Crippen LogP contribution in [0.15, 0.2) is 28.9 Å². The lowest BCUT2D eigenvalue weighted by atomic mass is 10.1. The molecule has 0 aliphatic heterocycles. The molecule has 0 atom stereocenters. The molecule has 0 radical (unpaired) electrons. The number of furan rings is 1. The van der Waals surface area contributed by atoms with Gasteiger partial charge in [0.1, 0.15) is 5.76 Å². The van der Waals surface area contributed by atoms with Crippen molar-refractivity contribution >= 4 is 12.0 Å². The van der Waals surface area contributed by atoms with Gasteiger partial charge in [0.2, 0.25) is 5.91 Å². The van der Waals surface area contributed by atoms with Gasteiger partial charge in [-0.05, 0) is 37.0 Å². The van der Waals surface area contributed by atoms with E-state index in [1.54, 1.807) is 18.4 Å². The lowest BCUT2D eigenvalue weighted by molar-refractivity contribution is -0.116. The van der Waals surface area contributed by atoms with Crippen molar-refractivity contribution in [1.82, 2.24) is 5.32 Å². The van der Waals surface area contributed by atoms with E-state index in [1.807, 2.05) is 6.07 Å². The molecule has 0 aliphatic rings. The Morgan fingerprint density at radius 2 is 2.38 bits per heavy atom. The van der Waals surface area contributed by atoms with Crippen molar-refractivity contribution in [2.45, 2.75) is 26.7 Å². The van der Waals surface area contributed by atoms with Gasteiger partial charge in [0.25, 0.3) is 0 Å². The highest BCUT2D eigenvalue weighted by Crippen LogP contribution is 2.03. The fraction of sp³-hybridized carbons (Fsp3) is 0.462. The third-order valence-corrected chi connectivity index (χ3v) is 2.20. The highest BCUT2D eigenvalue weighted by Gasteiger charge is 1.97. The van der Waals surface area contributed by atoms with Gasteiger partial charge in [-0.25, -0.2) is 0 Å². The first kappa shape index (κ1) is 12.6. The van der Waals surface area contributed by atoms with Crippen LogP contribution in [0.4, 0.5) is 0 Å². The van der Waals surface area contributed by atoms with Crippen LogP contribution in [0.2, 0.25) is 0 Å². The Morgan fingerprint density at radius 3 is 3.00 bits per heavy atom. The number of nitrogens with one attached hydrogen (secondary N) is 1. The largest absolute Gasteiger partial charge is 0.465 e. The van der Waals surface area contributed by atoms with Crippen molar-refractivity contribution in [2.75, 3.05) is 6.54 Å². The van der Waals surface area contributed by atoms with Gasteiger partial charge in [0.05, 0.1) is 6.26 Å². The number of hydrogen-bond acceptors (Lipinski definition) is 2. The minimum atomic E-state index is -0.0693. The van der Waals surface area contributed by atoms with E-state index in [4.69, 9.17) is 4.42 Å². The molecule has 88 valence electrons. The third kappa shape index (κ3) is 5.39. The summed E-state index contributed by atoms with van der Waals surface area (Å²) in [7, 11) is 0. The van der Waals surface area contributed by atoms with Gasteiger partial charge < -0.3 is 9.73 Å². The molecular weight excluding hydrogens is 202 g/mol. The number of rotatable bonds is 6. The van der Waals surface area contributed by atoms with Crippen molar-refractivity contribution in [3.05, 3.63) is 30.2 Å². The molecule has 1 N–H and O–H groups in total. The molecule has 3 heteroatoms. The smallest absolute Gasteiger partial charge is 0.244 e. The first-order valence-corrected chi connectivity index (χ1v) is 5.68. The average Bonchev–Trinajstić information content (AvgIpc) is 2.74. The molecule has 1 aromatic rings. The Hall–Kier alpha value is -1.51. The molecule has 0 fully saturated rings. The highest BCUT2D eigenvalue weighted by molar-refractivity contribution is 5.91. The van der Waals surface area contributed by atoms with Gasteiger partial charge in [0.15, 0.2) is 0 Å². The summed E-state index contributed by atoms with van der Waals surface area (Å²) >= 11 is 0. The van der Waals surface area contributed by atoms with Crippen molar-refractivity contribution < 1.29 is 9.21 Å². The summed E-state index contributed by atoms with van der Waals surface area (Å²) in [5.74, 6) is 1.31. The highest BCUT2D eigenvalue weighted by atomic mass is 16.3. The molecule has 1 heterocycles. The molecule has 0 spiro atoms. The first-order chi connectivity index (χ1) is 7.68. The van der Waals surface area contributed by atoms with Gasteiger partial charge in [-0.1, -0.05) is 13.8 Å². The summed E-state index contributed by atoms with van der Waals surface area (Å²) in [6.45, 7) is 5.09. The zero-order valence-electron chi connectivity index (χ0n) is 9.90. The normalized spacial score (nSPS) is 11.2. The van der Waals surface area contributed by atoms with Crippen molar-refractivity contribution in [3.8, 4) is 0 Å². The summed E-state index contributed by atoms with van der Waals surface area (Å²) < 4.78 is 5.07. The second-order valence-corrected chi connectivity index (χ2v) is 4.18. The molecule has 3 nitrogen and oxygen atoms in total. The monoisotopic (exact) mass is 221 g/mol. The van der Waals surface area contributed by atoms with Crippen molar-refractivity contribution in [1.29, 1.82) is 0 Å². The predicted molar refractivity (Wildman–Crippen MR) is 64.8 cm³/mol. The molecule has 0 bridgehead atoms. The van der Waals surface area contributed by atoms with Crippen LogP contribution in [-0.2, 0) is 4.79 Å². The van der Waals surface area contributed by atoms with Crippen molar-refractivity contribution in [2.24, 2.45) is 5.92 Å². The Morgan fingerprint density at radius 1 is 1.56 bits per heavy atom. The van der Waals surface area contributed by atoms with E-state index in [-0.39, 0.29) is 5.91 Å². The Balaban J connectivity index is 2.16. The predicted octanol–water partition coefficient (Wildman–Crippen LogP) is 2.85. The SMILES string of the molecule is CC(C)CCCNC(=O)/C=C/c1ccco1. The Kier molecular flexibility index (Phi) is 5.40. The van der Waals surface area contributed by atoms with Gasteiger partial charge in [0, 0.05) is 12.6 Å². The van der Waals surface area contributed by atoms with Crippen LogP contribution in [0.25, 0.3) is 6.08 Å². The van der Waals surface area contributed by atoms with Gasteiger partial charge >= 0.3 is 0 Å². The summed E-state index contributed by atoms with van der Waals surface area (Å²) in [6, 6.07) is 3.60. The summed E-state index contributed by atoms with van der Waals surface area (Å²) in [4.78, 5) is 11.3. The molecule has 16 heavy (non-hydrogen) atoms. The maximum atomic E-state index is 11.3. The standard InChI is InChI=1S/C13H19NO2/c1-11(2)5-3-9-14-13(15)8-7-12-6-4-10-16-12/h4,6-8,10-11H,3,5,9H2,1-2H3,(H,14,15)/b8-7+. The third-order valence-electron chi connectivity index (χ3n) is 2.20. The molecular formula is C13H19NO2. The lowest BCUT2D eigenvalue weighted by Crippen LogP contribution is -2.22. The van der Waals surface area contributed by atoms with E-state index in [1.165, 1.54) is 6.08 Å². The maximum absolute atomic E-state index is 11.3. The molecule has 0 saturated carbocycles. The van der Waals surface area contributed by atoms with Crippen LogP contribution in [0, 0.1) is 5.92 Å². The lowest BCUT2D eigenvalue weighted by Gasteiger charge is -2.04. The summed E-state index contributed by atoms with van der Waals surface area (Å²) in [5, 5.41) is 2.83. The van der Waals surface area contributed by atoms with E-state index in [0.717, 1.165) is 19.4 Å². The average molecular weight is 221 g/mol. The zero-order valence-corrected chi connectivity index (χ0v) is 9.90. The number of amides is 1. The van der Waals surface area contributed by atoms with Crippen LogP contribution in [-0.4, -0.2) is 12.5 Å². The van der Waals surface area contributed by atoms with E-state index in [9.17, 15) is 4.79 Å². The zero-order chi connectivity index (χ0) is 11.8. The minimum Gasteiger partial charge on any atom is -0.465 e. The van der Waals surface area contributed by atoms with Gasteiger partial charge in [-0.3, -0.25) is 4.79 Å². The van der Waals surface area contributed by atoms with E-state index < -0.39 is 0 Å². The second kappa shape index (κ2) is 6.88. The van der Waals surface area contributed by atoms with Crippen LogP contribution in [0.1, 0.15) is 32.4 Å². The number of carbonyl (C=O) groups is 1. The molecule has 0 aromatic carbocycles. The van der Waals surface area contributed by atoms with Crippen LogP contribution in [0.5, 0.6) is 0 Å². The molecule has 0 aliphatic carbocycles. The molecule has 1 aromatic heterocycles. The summed E-state index contributed by atoms with van der Waals surface area (Å²) in [6.07, 6.45) is 6.91. The van der Waals surface area contributed by atoms with E-state index in [0.29, 0.717) is 11.7 Å². The quantitative estimate of drug-likeness (QED) is 0.593. The Labute approximate surface area is 96.5 Å². The number of carbonyl (C=O) groups excluding carboxylic acids is 1. The van der Waals surface area contributed by atoms with E-state index >= 15 is 0 Å². The van der Waals surface area contributed by atoms with Gasteiger partial charge in [-0.2, -0.15) is 0 Å². The minimum absolute atomic E-state index is 0.0693. The van der Waals surface area contributed by atoms with Crippen LogP contribution < -0.4 is 5.32 Å². The first-order valence-electron chi connectivity index (χ1n) is 5.68. The number of hydrogen-bond donors (Lipinski definition) is 1. The molecule has 1 rings (SSSR count). The fourth-order valence-electron chi connectivity index (χ4n) is 1.32. The van der Waals surface area contributed by atoms with Gasteiger partial charge in [-0.15, -0.1) is 0 Å². The van der Waals surface area contributed by atoms with Crippen molar-refractivity contribution in [3.63, 3.8) is 0 Å². The maximum Gasteiger partial charge on any atom is 0.244 e. The van der Waals surface area contributed by atoms with Crippen LogP contribution in [0.3, 0.4) is 0 Å². The second-order valence-electron chi connectivity index (χ2n) is 4.18. The molecule has 0 unspecified atom stereocenters. The molecule has 1 amide bonds. The fourth-order valence-corrected chi connectivity index (χ4v) is 1.32. The topological polar surface area (TPSA) is 42.2 Å².